The SMILES string of the molecule is CC(OC(=O)c1ccccc1I)C(=O)Nc1ccccc1. The molecule has 0 radical (unpaired) electrons. The molecule has 2 aromatic carbocycles. The van der Waals surface area contributed by atoms with E-state index in [1.165, 1.54) is 0 Å². The Bertz CT molecular complexity index is 643. The summed E-state index contributed by atoms with van der Waals surface area (Å²) in [4.78, 5) is 24.0. The largest absolute Gasteiger partial charge is 0.449 e. The van der Waals surface area contributed by atoms with E-state index in [1.54, 1.807) is 31.2 Å². The highest BCUT2D eigenvalue weighted by atomic mass is 127. The van der Waals surface area contributed by atoms with Gasteiger partial charge in [-0.25, -0.2) is 4.79 Å². The van der Waals surface area contributed by atoms with Gasteiger partial charge in [0, 0.05) is 9.26 Å². The molecule has 1 unspecified atom stereocenters. The lowest BCUT2D eigenvalue weighted by molar-refractivity contribution is -0.123. The number of benzene rings is 2. The van der Waals surface area contributed by atoms with Crippen LogP contribution in [-0.2, 0) is 9.53 Å². The molecule has 0 aliphatic carbocycles. The number of nitrogens with one attached hydrogen (secondary N) is 1. The van der Waals surface area contributed by atoms with Crippen molar-refractivity contribution in [3.8, 4) is 0 Å². The number of halogens is 1. The molecule has 0 spiro atoms. The maximum Gasteiger partial charge on any atom is 0.339 e. The Kier molecular flexibility index (Phi) is 5.32. The molecule has 1 atom stereocenters. The highest BCUT2D eigenvalue weighted by Crippen LogP contribution is 2.14. The third-order valence-corrected chi connectivity index (χ3v) is 3.73. The second-order valence-corrected chi connectivity index (χ2v) is 5.54. The molecule has 0 aliphatic heterocycles. The normalized spacial score (nSPS) is 11.5. The van der Waals surface area contributed by atoms with Crippen LogP contribution in [0.5, 0.6) is 0 Å². The van der Waals surface area contributed by atoms with Gasteiger partial charge in [-0.3, -0.25) is 4.79 Å². The maximum absolute atomic E-state index is 12.0. The van der Waals surface area contributed by atoms with E-state index in [4.69, 9.17) is 4.74 Å². The number of esters is 1. The number of amides is 1. The van der Waals surface area contributed by atoms with Crippen LogP contribution in [0, 0.1) is 3.57 Å². The molecule has 5 heteroatoms. The van der Waals surface area contributed by atoms with Crippen molar-refractivity contribution in [1.29, 1.82) is 0 Å². The van der Waals surface area contributed by atoms with Crippen molar-refractivity contribution >= 4 is 40.2 Å². The minimum Gasteiger partial charge on any atom is -0.449 e. The van der Waals surface area contributed by atoms with Crippen LogP contribution in [0.15, 0.2) is 54.6 Å². The number of ether oxygens (including phenoxy) is 1. The minimum atomic E-state index is -0.867. The molecule has 2 rings (SSSR count). The van der Waals surface area contributed by atoms with Crippen molar-refractivity contribution in [2.24, 2.45) is 0 Å². The molecule has 0 saturated heterocycles. The average Bonchev–Trinajstić information content (AvgIpc) is 2.48. The fourth-order valence-electron chi connectivity index (χ4n) is 1.67. The number of anilines is 1. The average molecular weight is 395 g/mol. The topological polar surface area (TPSA) is 55.4 Å². The second-order valence-electron chi connectivity index (χ2n) is 4.38. The highest BCUT2D eigenvalue weighted by Gasteiger charge is 2.20. The van der Waals surface area contributed by atoms with E-state index in [2.05, 4.69) is 27.9 Å². The lowest BCUT2D eigenvalue weighted by Crippen LogP contribution is -2.30. The van der Waals surface area contributed by atoms with Gasteiger partial charge in [0.15, 0.2) is 6.10 Å². The van der Waals surface area contributed by atoms with Gasteiger partial charge in [0.1, 0.15) is 0 Å². The number of carbonyl (C=O) groups is 2. The first-order valence-corrected chi connectivity index (χ1v) is 7.47. The fraction of sp³-hybridized carbons (Fsp3) is 0.125. The highest BCUT2D eigenvalue weighted by molar-refractivity contribution is 14.1. The summed E-state index contributed by atoms with van der Waals surface area (Å²) in [6.45, 7) is 1.55. The van der Waals surface area contributed by atoms with E-state index in [0.717, 1.165) is 3.57 Å². The van der Waals surface area contributed by atoms with Gasteiger partial charge < -0.3 is 10.1 Å². The van der Waals surface area contributed by atoms with Gasteiger partial charge >= 0.3 is 5.97 Å². The predicted octanol–water partition coefficient (Wildman–Crippen LogP) is 3.48. The molecule has 2 aromatic rings. The van der Waals surface area contributed by atoms with E-state index in [-0.39, 0.29) is 5.91 Å². The summed E-state index contributed by atoms with van der Waals surface area (Å²) < 4.78 is 5.98. The molecule has 0 bridgehead atoms. The number of para-hydroxylation sites is 1. The summed E-state index contributed by atoms with van der Waals surface area (Å²) in [7, 11) is 0. The molecular weight excluding hydrogens is 381 g/mol. The Balaban J connectivity index is 1.98. The van der Waals surface area contributed by atoms with Gasteiger partial charge in [-0.05, 0) is 53.8 Å². The number of hydrogen-bond acceptors (Lipinski definition) is 3. The van der Waals surface area contributed by atoms with Crippen molar-refractivity contribution in [2.75, 3.05) is 5.32 Å². The lowest BCUT2D eigenvalue weighted by Gasteiger charge is -2.14. The van der Waals surface area contributed by atoms with Crippen LogP contribution in [0.4, 0.5) is 5.69 Å². The summed E-state index contributed by atoms with van der Waals surface area (Å²) in [6, 6.07) is 16.1. The number of hydrogen-bond donors (Lipinski definition) is 1. The van der Waals surface area contributed by atoms with Crippen LogP contribution in [0.3, 0.4) is 0 Å². The third-order valence-electron chi connectivity index (χ3n) is 2.79. The lowest BCUT2D eigenvalue weighted by atomic mass is 10.2. The van der Waals surface area contributed by atoms with Crippen LogP contribution in [0.1, 0.15) is 17.3 Å². The Morgan fingerprint density at radius 1 is 1.05 bits per heavy atom. The molecule has 1 amide bonds. The Morgan fingerprint density at radius 2 is 1.67 bits per heavy atom. The van der Waals surface area contributed by atoms with Crippen molar-refractivity contribution in [3.63, 3.8) is 0 Å². The molecule has 0 aromatic heterocycles. The van der Waals surface area contributed by atoms with Gasteiger partial charge in [0.2, 0.25) is 0 Å². The summed E-state index contributed by atoms with van der Waals surface area (Å²) in [6.07, 6.45) is -0.867. The van der Waals surface area contributed by atoms with Crippen LogP contribution in [-0.4, -0.2) is 18.0 Å². The quantitative estimate of drug-likeness (QED) is 0.637. The van der Waals surface area contributed by atoms with Gasteiger partial charge in [0.25, 0.3) is 5.91 Å². The first-order chi connectivity index (χ1) is 10.1. The van der Waals surface area contributed by atoms with Crippen molar-refractivity contribution in [3.05, 3.63) is 63.7 Å². The zero-order valence-electron chi connectivity index (χ0n) is 11.4. The summed E-state index contributed by atoms with van der Waals surface area (Å²) in [5, 5.41) is 2.70. The predicted molar refractivity (Wildman–Crippen MR) is 89.1 cm³/mol. The molecule has 0 fully saturated rings. The first-order valence-electron chi connectivity index (χ1n) is 6.39. The third kappa shape index (κ3) is 4.29. The van der Waals surface area contributed by atoms with Gasteiger partial charge in [-0.1, -0.05) is 30.3 Å². The van der Waals surface area contributed by atoms with E-state index >= 15 is 0 Å². The van der Waals surface area contributed by atoms with Crippen LogP contribution >= 0.6 is 22.6 Å². The minimum absolute atomic E-state index is 0.361. The van der Waals surface area contributed by atoms with Crippen molar-refractivity contribution < 1.29 is 14.3 Å². The van der Waals surface area contributed by atoms with Crippen LogP contribution in [0.25, 0.3) is 0 Å². The Morgan fingerprint density at radius 3 is 2.33 bits per heavy atom. The molecular formula is C16H14INO3. The maximum atomic E-state index is 12.0. The summed E-state index contributed by atoms with van der Waals surface area (Å²) >= 11 is 2.06. The van der Waals surface area contributed by atoms with Gasteiger partial charge in [-0.15, -0.1) is 0 Å². The first kappa shape index (κ1) is 15.5. The standard InChI is InChI=1S/C16H14INO3/c1-11(15(19)18-12-7-3-2-4-8-12)21-16(20)13-9-5-6-10-14(13)17/h2-11H,1H3,(H,18,19). The van der Waals surface area contributed by atoms with Crippen LogP contribution < -0.4 is 5.32 Å². The van der Waals surface area contributed by atoms with Crippen LogP contribution in [0.2, 0.25) is 0 Å². The summed E-state index contributed by atoms with van der Waals surface area (Å²) in [5.74, 6) is -0.865. The Labute approximate surface area is 136 Å². The van der Waals surface area contributed by atoms with E-state index in [0.29, 0.717) is 11.3 Å². The smallest absolute Gasteiger partial charge is 0.339 e. The number of carbonyl (C=O) groups excluding carboxylic acids is 2. The van der Waals surface area contributed by atoms with Gasteiger partial charge in [0.05, 0.1) is 5.56 Å². The second kappa shape index (κ2) is 7.21. The molecule has 0 heterocycles. The zero-order chi connectivity index (χ0) is 15.2. The summed E-state index contributed by atoms with van der Waals surface area (Å²) in [5.41, 5.74) is 1.12. The molecule has 0 aliphatic rings. The fourth-order valence-corrected chi connectivity index (χ4v) is 2.28. The molecule has 1 N–H and O–H groups in total. The van der Waals surface area contributed by atoms with E-state index < -0.39 is 12.1 Å². The zero-order valence-corrected chi connectivity index (χ0v) is 13.5. The molecule has 108 valence electrons. The van der Waals surface area contributed by atoms with Crippen molar-refractivity contribution in [1.82, 2.24) is 0 Å². The molecule has 21 heavy (non-hydrogen) atoms. The number of rotatable bonds is 4. The van der Waals surface area contributed by atoms with E-state index in [9.17, 15) is 9.59 Å². The monoisotopic (exact) mass is 395 g/mol. The van der Waals surface area contributed by atoms with E-state index in [1.807, 2.05) is 30.3 Å². The molecule has 4 nitrogen and oxygen atoms in total. The van der Waals surface area contributed by atoms with Gasteiger partial charge in [-0.2, -0.15) is 0 Å². The van der Waals surface area contributed by atoms with Crippen molar-refractivity contribution in [2.45, 2.75) is 13.0 Å². The Hall–Kier alpha value is -1.89. The molecule has 0 saturated carbocycles.